The number of carbonyl (C=O) groups is 1. The highest BCUT2D eigenvalue weighted by atomic mass is 79.9. The zero-order chi connectivity index (χ0) is 17.3. The van der Waals surface area contributed by atoms with Crippen molar-refractivity contribution in [3.05, 3.63) is 70.1 Å². The van der Waals surface area contributed by atoms with Gasteiger partial charge in [-0.05, 0) is 44.6 Å². The summed E-state index contributed by atoms with van der Waals surface area (Å²) in [5.74, 6) is -0.172. The van der Waals surface area contributed by atoms with Crippen LogP contribution in [0.4, 0.5) is 0 Å². The van der Waals surface area contributed by atoms with E-state index in [0.29, 0.717) is 12.2 Å². The van der Waals surface area contributed by atoms with Crippen molar-refractivity contribution < 1.29 is 4.79 Å². The van der Waals surface area contributed by atoms with Gasteiger partial charge in [-0.25, -0.2) is 4.98 Å². The van der Waals surface area contributed by atoms with E-state index >= 15 is 0 Å². The second-order valence-corrected chi connectivity index (χ2v) is 7.78. The number of nitrogens with one attached hydrogen (secondary N) is 1. The molecule has 3 aromatic rings. The Labute approximate surface area is 150 Å². The van der Waals surface area contributed by atoms with Crippen molar-refractivity contribution in [1.82, 2.24) is 14.7 Å². The zero-order valence-corrected chi connectivity index (χ0v) is 15.6. The van der Waals surface area contributed by atoms with Crippen LogP contribution in [0.25, 0.3) is 5.65 Å². The third-order valence-corrected chi connectivity index (χ3v) is 4.39. The Morgan fingerprint density at radius 1 is 1.12 bits per heavy atom. The summed E-state index contributed by atoms with van der Waals surface area (Å²) in [4.78, 5) is 16.6. The number of imidazole rings is 1. The van der Waals surface area contributed by atoms with Gasteiger partial charge in [0.2, 0.25) is 0 Å². The second kappa shape index (κ2) is 6.40. The van der Waals surface area contributed by atoms with Crippen molar-refractivity contribution in [2.45, 2.75) is 32.7 Å². The number of benzene rings is 1. The summed E-state index contributed by atoms with van der Waals surface area (Å²) in [6, 6.07) is 12.1. The van der Waals surface area contributed by atoms with Gasteiger partial charge in [0, 0.05) is 23.4 Å². The molecule has 1 amide bonds. The van der Waals surface area contributed by atoms with Crippen LogP contribution in [0.1, 0.15) is 42.4 Å². The summed E-state index contributed by atoms with van der Waals surface area (Å²) in [6.07, 6.45) is 3.61. The smallest absolute Gasteiger partial charge is 0.271 e. The average molecular weight is 386 g/mol. The van der Waals surface area contributed by atoms with Gasteiger partial charge in [-0.1, -0.05) is 45.0 Å². The molecule has 0 saturated carbocycles. The third kappa shape index (κ3) is 3.67. The molecule has 2 aromatic heterocycles. The van der Waals surface area contributed by atoms with E-state index in [1.807, 2.05) is 22.7 Å². The quantitative estimate of drug-likeness (QED) is 0.729. The van der Waals surface area contributed by atoms with Crippen molar-refractivity contribution in [3.63, 3.8) is 0 Å². The minimum Gasteiger partial charge on any atom is -0.347 e. The molecule has 24 heavy (non-hydrogen) atoms. The van der Waals surface area contributed by atoms with Gasteiger partial charge in [0.05, 0.1) is 0 Å². The minimum absolute atomic E-state index is 0.132. The lowest BCUT2D eigenvalue weighted by Gasteiger charge is -2.19. The number of rotatable bonds is 3. The number of fused-ring (bicyclic) bond motifs is 1. The number of pyridine rings is 1. The minimum atomic E-state index is -0.172. The molecular weight excluding hydrogens is 366 g/mol. The van der Waals surface area contributed by atoms with E-state index in [9.17, 15) is 4.79 Å². The second-order valence-electron chi connectivity index (χ2n) is 6.87. The van der Waals surface area contributed by atoms with Gasteiger partial charge >= 0.3 is 0 Å². The molecule has 0 unspecified atom stereocenters. The SMILES string of the molecule is CC(C)(C)c1ccc(CNC(=O)c2cn3cc(Br)ccc3n2)cc1. The molecule has 0 atom stereocenters. The van der Waals surface area contributed by atoms with Crippen LogP contribution < -0.4 is 5.32 Å². The maximum absolute atomic E-state index is 12.3. The normalized spacial score (nSPS) is 11.7. The molecule has 124 valence electrons. The summed E-state index contributed by atoms with van der Waals surface area (Å²) in [6.45, 7) is 7.05. The van der Waals surface area contributed by atoms with Crippen molar-refractivity contribution in [3.8, 4) is 0 Å². The summed E-state index contributed by atoms with van der Waals surface area (Å²) in [7, 11) is 0. The highest BCUT2D eigenvalue weighted by Gasteiger charge is 2.13. The number of nitrogens with zero attached hydrogens (tertiary/aromatic N) is 2. The highest BCUT2D eigenvalue weighted by Crippen LogP contribution is 2.22. The van der Waals surface area contributed by atoms with Crippen molar-refractivity contribution in [1.29, 1.82) is 0 Å². The van der Waals surface area contributed by atoms with E-state index < -0.39 is 0 Å². The van der Waals surface area contributed by atoms with Gasteiger partial charge < -0.3 is 9.72 Å². The summed E-state index contributed by atoms with van der Waals surface area (Å²) < 4.78 is 2.77. The van der Waals surface area contributed by atoms with Crippen molar-refractivity contribution in [2.24, 2.45) is 0 Å². The number of aromatic nitrogens is 2. The first kappa shape index (κ1) is 16.7. The summed E-state index contributed by atoms with van der Waals surface area (Å²) in [5, 5.41) is 2.92. The van der Waals surface area contributed by atoms with Gasteiger partial charge in [-0.2, -0.15) is 0 Å². The van der Waals surface area contributed by atoms with Gasteiger partial charge in [0.1, 0.15) is 11.3 Å². The average Bonchev–Trinajstić information content (AvgIpc) is 2.95. The predicted molar refractivity (Wildman–Crippen MR) is 99.2 cm³/mol. The molecule has 0 aliphatic rings. The Hall–Kier alpha value is -2.14. The first-order valence-corrected chi connectivity index (χ1v) is 8.64. The van der Waals surface area contributed by atoms with Crippen LogP contribution in [0, 0.1) is 0 Å². The maximum Gasteiger partial charge on any atom is 0.271 e. The molecule has 0 saturated heterocycles. The topological polar surface area (TPSA) is 46.4 Å². The monoisotopic (exact) mass is 385 g/mol. The Morgan fingerprint density at radius 2 is 1.83 bits per heavy atom. The number of hydrogen-bond acceptors (Lipinski definition) is 2. The predicted octanol–water partition coefficient (Wildman–Crippen LogP) is 4.32. The number of hydrogen-bond donors (Lipinski definition) is 1. The van der Waals surface area contributed by atoms with Crippen LogP contribution in [0.5, 0.6) is 0 Å². The molecule has 0 spiro atoms. The molecule has 0 aliphatic heterocycles. The lowest BCUT2D eigenvalue weighted by Crippen LogP contribution is -2.23. The largest absolute Gasteiger partial charge is 0.347 e. The molecular formula is C19H20BrN3O. The lowest BCUT2D eigenvalue weighted by atomic mass is 9.87. The van der Waals surface area contributed by atoms with Crippen molar-refractivity contribution in [2.75, 3.05) is 0 Å². The van der Waals surface area contributed by atoms with Crippen LogP contribution in [-0.2, 0) is 12.0 Å². The fraction of sp³-hybridized carbons (Fsp3) is 0.263. The summed E-state index contributed by atoms with van der Waals surface area (Å²) >= 11 is 3.41. The van der Waals surface area contributed by atoms with Gasteiger partial charge in [0.25, 0.3) is 5.91 Å². The fourth-order valence-corrected chi connectivity index (χ4v) is 2.82. The molecule has 4 nitrogen and oxygen atoms in total. The molecule has 0 aliphatic carbocycles. The van der Waals surface area contributed by atoms with Crippen molar-refractivity contribution >= 4 is 27.5 Å². The van der Waals surface area contributed by atoms with Crippen LogP contribution in [0.2, 0.25) is 0 Å². The molecule has 0 radical (unpaired) electrons. The molecule has 1 N–H and O–H groups in total. The lowest BCUT2D eigenvalue weighted by molar-refractivity contribution is 0.0946. The van der Waals surface area contributed by atoms with Gasteiger partial charge in [0.15, 0.2) is 0 Å². The van der Waals surface area contributed by atoms with E-state index in [4.69, 9.17) is 0 Å². The van der Waals surface area contributed by atoms with Crippen LogP contribution in [-0.4, -0.2) is 15.3 Å². The zero-order valence-electron chi connectivity index (χ0n) is 14.0. The van der Waals surface area contributed by atoms with E-state index in [-0.39, 0.29) is 11.3 Å². The standard InChI is InChI=1S/C19H20BrN3O/c1-19(2,3)14-6-4-13(5-7-14)10-21-18(24)16-12-23-11-15(20)8-9-17(23)22-16/h4-9,11-12H,10H2,1-3H3,(H,21,24). The van der Waals surface area contributed by atoms with Crippen LogP contribution >= 0.6 is 15.9 Å². The Balaban J connectivity index is 1.68. The van der Waals surface area contributed by atoms with Gasteiger partial charge in [-0.3, -0.25) is 4.79 Å². The molecule has 0 fully saturated rings. The van der Waals surface area contributed by atoms with E-state index in [0.717, 1.165) is 15.7 Å². The van der Waals surface area contributed by atoms with E-state index in [1.54, 1.807) is 6.20 Å². The van der Waals surface area contributed by atoms with Crippen LogP contribution in [0.15, 0.2) is 53.3 Å². The molecule has 5 heteroatoms. The number of carbonyl (C=O) groups excluding carboxylic acids is 1. The number of amides is 1. The highest BCUT2D eigenvalue weighted by molar-refractivity contribution is 9.10. The van der Waals surface area contributed by atoms with Gasteiger partial charge in [-0.15, -0.1) is 0 Å². The molecule has 3 rings (SSSR count). The summed E-state index contributed by atoms with van der Waals surface area (Å²) in [5.41, 5.74) is 3.65. The molecule has 0 bridgehead atoms. The fourth-order valence-electron chi connectivity index (χ4n) is 2.47. The Morgan fingerprint density at radius 3 is 2.50 bits per heavy atom. The molecule has 1 aromatic carbocycles. The molecule has 2 heterocycles. The van der Waals surface area contributed by atoms with E-state index in [2.05, 4.69) is 71.3 Å². The first-order valence-electron chi connectivity index (χ1n) is 7.85. The van der Waals surface area contributed by atoms with Crippen LogP contribution in [0.3, 0.4) is 0 Å². The Bertz CT molecular complexity index is 876. The first-order chi connectivity index (χ1) is 11.3. The third-order valence-electron chi connectivity index (χ3n) is 3.92. The Kier molecular flexibility index (Phi) is 4.45. The maximum atomic E-state index is 12.3. The van der Waals surface area contributed by atoms with E-state index in [1.165, 1.54) is 5.56 Å². The number of halogens is 1.